The van der Waals surface area contributed by atoms with E-state index in [1.165, 1.54) is 6.42 Å². The van der Waals surface area contributed by atoms with Crippen molar-refractivity contribution in [2.24, 2.45) is 17.8 Å². The predicted molar refractivity (Wildman–Crippen MR) is 66.6 cm³/mol. The van der Waals surface area contributed by atoms with Gasteiger partial charge < -0.3 is 10.6 Å². The SMILES string of the molecule is O=C(NCCN1CCNCC1)C1CC2CC2C1. The lowest BCUT2D eigenvalue weighted by molar-refractivity contribution is -0.125. The van der Waals surface area contributed by atoms with Crippen molar-refractivity contribution in [3.8, 4) is 0 Å². The number of nitrogens with zero attached hydrogens (tertiary/aromatic N) is 1. The number of rotatable bonds is 4. The van der Waals surface area contributed by atoms with E-state index >= 15 is 0 Å². The standard InChI is InChI=1S/C13H23N3O/c17-13(12-8-10-7-11(10)9-12)15-3-6-16-4-1-14-2-5-16/h10-12,14H,1-9H2,(H,15,17). The Labute approximate surface area is 103 Å². The molecule has 1 aliphatic heterocycles. The second kappa shape index (κ2) is 4.94. The molecule has 1 amide bonds. The van der Waals surface area contributed by atoms with Crippen molar-refractivity contribution in [1.29, 1.82) is 0 Å². The van der Waals surface area contributed by atoms with Gasteiger partial charge in [0.2, 0.25) is 5.91 Å². The topological polar surface area (TPSA) is 44.4 Å². The largest absolute Gasteiger partial charge is 0.355 e. The quantitative estimate of drug-likeness (QED) is 0.726. The van der Waals surface area contributed by atoms with E-state index in [9.17, 15) is 4.79 Å². The van der Waals surface area contributed by atoms with Crippen molar-refractivity contribution in [2.45, 2.75) is 19.3 Å². The van der Waals surface area contributed by atoms with Crippen molar-refractivity contribution in [3.63, 3.8) is 0 Å². The van der Waals surface area contributed by atoms with Crippen molar-refractivity contribution >= 4 is 5.91 Å². The summed E-state index contributed by atoms with van der Waals surface area (Å²) in [4.78, 5) is 14.3. The molecule has 3 fully saturated rings. The maximum Gasteiger partial charge on any atom is 0.223 e. The second-order valence-corrected chi connectivity index (χ2v) is 5.81. The molecular formula is C13H23N3O. The Balaban J connectivity index is 1.32. The fourth-order valence-corrected chi connectivity index (χ4v) is 3.35. The molecule has 0 spiro atoms. The Kier molecular flexibility index (Phi) is 3.34. The molecule has 2 saturated carbocycles. The number of hydrogen-bond acceptors (Lipinski definition) is 3. The van der Waals surface area contributed by atoms with Crippen LogP contribution in [0.1, 0.15) is 19.3 Å². The second-order valence-electron chi connectivity index (χ2n) is 5.81. The van der Waals surface area contributed by atoms with Crippen LogP contribution in [0.4, 0.5) is 0 Å². The fraction of sp³-hybridized carbons (Fsp3) is 0.923. The van der Waals surface area contributed by atoms with Gasteiger partial charge in [-0.25, -0.2) is 0 Å². The summed E-state index contributed by atoms with van der Waals surface area (Å²) in [5.74, 6) is 2.45. The highest BCUT2D eigenvalue weighted by Gasteiger charge is 2.47. The summed E-state index contributed by atoms with van der Waals surface area (Å²) < 4.78 is 0. The van der Waals surface area contributed by atoms with Gasteiger partial charge >= 0.3 is 0 Å². The number of amides is 1. The lowest BCUT2D eigenvalue weighted by Gasteiger charge is -2.27. The molecule has 96 valence electrons. The van der Waals surface area contributed by atoms with Gasteiger partial charge in [-0.15, -0.1) is 0 Å². The Hall–Kier alpha value is -0.610. The molecule has 0 bridgehead atoms. The van der Waals surface area contributed by atoms with E-state index < -0.39 is 0 Å². The van der Waals surface area contributed by atoms with E-state index in [0.29, 0.717) is 11.8 Å². The summed E-state index contributed by atoms with van der Waals surface area (Å²) in [5, 5.41) is 6.45. The van der Waals surface area contributed by atoms with Gasteiger partial charge in [-0.2, -0.15) is 0 Å². The van der Waals surface area contributed by atoms with Crippen LogP contribution < -0.4 is 10.6 Å². The normalized spacial score (nSPS) is 36.6. The minimum atomic E-state index is 0.312. The average Bonchev–Trinajstić information content (AvgIpc) is 2.97. The molecule has 2 unspecified atom stereocenters. The van der Waals surface area contributed by atoms with Crippen molar-refractivity contribution in [3.05, 3.63) is 0 Å². The maximum absolute atomic E-state index is 11.9. The Morgan fingerprint density at radius 1 is 1.18 bits per heavy atom. The minimum absolute atomic E-state index is 0.312. The molecular weight excluding hydrogens is 214 g/mol. The molecule has 3 aliphatic rings. The predicted octanol–water partition coefficient (Wildman–Crippen LogP) is 0.0539. The molecule has 2 aliphatic carbocycles. The first kappa shape index (κ1) is 11.5. The van der Waals surface area contributed by atoms with Gasteiger partial charge in [0.25, 0.3) is 0 Å². The molecule has 0 aromatic heterocycles. The summed E-state index contributed by atoms with van der Waals surface area (Å²) >= 11 is 0. The van der Waals surface area contributed by atoms with Crippen molar-refractivity contribution < 1.29 is 4.79 Å². The molecule has 0 aromatic rings. The van der Waals surface area contributed by atoms with Crippen LogP contribution in [0.2, 0.25) is 0 Å². The highest BCUT2D eigenvalue weighted by Crippen LogP contribution is 2.54. The summed E-state index contributed by atoms with van der Waals surface area (Å²) in [6.07, 6.45) is 3.71. The van der Waals surface area contributed by atoms with Crippen LogP contribution in [0.3, 0.4) is 0 Å². The van der Waals surface area contributed by atoms with Crippen LogP contribution in [0.5, 0.6) is 0 Å². The van der Waals surface area contributed by atoms with Crippen LogP contribution in [-0.2, 0) is 4.79 Å². The van der Waals surface area contributed by atoms with E-state index in [1.807, 2.05) is 0 Å². The van der Waals surface area contributed by atoms with Gasteiger partial charge in [-0.3, -0.25) is 9.69 Å². The van der Waals surface area contributed by atoms with E-state index in [2.05, 4.69) is 15.5 Å². The number of carbonyl (C=O) groups is 1. The Morgan fingerprint density at radius 3 is 2.59 bits per heavy atom. The molecule has 1 saturated heterocycles. The van der Waals surface area contributed by atoms with E-state index in [-0.39, 0.29) is 0 Å². The van der Waals surface area contributed by atoms with Crippen LogP contribution in [0.15, 0.2) is 0 Å². The number of fused-ring (bicyclic) bond motifs is 1. The summed E-state index contributed by atoms with van der Waals surface area (Å²) in [7, 11) is 0. The van der Waals surface area contributed by atoms with Crippen LogP contribution in [0, 0.1) is 17.8 Å². The number of nitrogens with one attached hydrogen (secondary N) is 2. The van der Waals surface area contributed by atoms with E-state index in [1.54, 1.807) is 0 Å². The average molecular weight is 237 g/mol. The van der Waals surface area contributed by atoms with E-state index in [4.69, 9.17) is 0 Å². The van der Waals surface area contributed by atoms with Crippen molar-refractivity contribution in [1.82, 2.24) is 15.5 Å². The highest BCUT2D eigenvalue weighted by molar-refractivity contribution is 5.79. The lowest BCUT2D eigenvalue weighted by Crippen LogP contribution is -2.46. The third-order valence-electron chi connectivity index (χ3n) is 4.55. The minimum Gasteiger partial charge on any atom is -0.355 e. The first-order chi connectivity index (χ1) is 8.33. The van der Waals surface area contributed by atoms with Crippen LogP contribution in [0.25, 0.3) is 0 Å². The van der Waals surface area contributed by atoms with Gasteiger partial charge in [-0.1, -0.05) is 0 Å². The van der Waals surface area contributed by atoms with Gasteiger partial charge in [0.1, 0.15) is 0 Å². The first-order valence-corrected chi connectivity index (χ1v) is 7.03. The van der Waals surface area contributed by atoms with Gasteiger partial charge in [-0.05, 0) is 31.1 Å². The molecule has 0 aromatic carbocycles. The summed E-state index contributed by atoms with van der Waals surface area (Å²) in [6.45, 7) is 6.23. The molecule has 2 atom stereocenters. The van der Waals surface area contributed by atoms with Gasteiger partial charge in [0, 0.05) is 45.2 Å². The zero-order chi connectivity index (χ0) is 11.7. The Morgan fingerprint density at radius 2 is 1.88 bits per heavy atom. The molecule has 4 heteroatoms. The van der Waals surface area contributed by atoms with Crippen molar-refractivity contribution in [2.75, 3.05) is 39.3 Å². The Bertz CT molecular complexity index is 278. The summed E-state index contributed by atoms with van der Waals surface area (Å²) in [6, 6.07) is 0. The number of carbonyl (C=O) groups excluding carboxylic acids is 1. The molecule has 17 heavy (non-hydrogen) atoms. The number of hydrogen-bond donors (Lipinski definition) is 2. The molecule has 2 N–H and O–H groups in total. The van der Waals surface area contributed by atoms with E-state index in [0.717, 1.165) is 63.9 Å². The molecule has 0 radical (unpaired) electrons. The highest BCUT2D eigenvalue weighted by atomic mass is 16.1. The maximum atomic E-state index is 11.9. The zero-order valence-corrected chi connectivity index (χ0v) is 10.5. The third-order valence-corrected chi connectivity index (χ3v) is 4.55. The zero-order valence-electron chi connectivity index (χ0n) is 10.5. The molecule has 4 nitrogen and oxygen atoms in total. The molecule has 3 rings (SSSR count). The third kappa shape index (κ3) is 2.80. The van der Waals surface area contributed by atoms with Gasteiger partial charge in [0.15, 0.2) is 0 Å². The van der Waals surface area contributed by atoms with Gasteiger partial charge in [0.05, 0.1) is 0 Å². The van der Waals surface area contributed by atoms with Crippen LogP contribution in [-0.4, -0.2) is 50.1 Å². The number of piperazine rings is 1. The first-order valence-electron chi connectivity index (χ1n) is 7.03. The fourth-order valence-electron chi connectivity index (χ4n) is 3.35. The molecule has 1 heterocycles. The monoisotopic (exact) mass is 237 g/mol. The lowest BCUT2D eigenvalue weighted by atomic mass is 10.0. The summed E-state index contributed by atoms with van der Waals surface area (Å²) in [5.41, 5.74) is 0. The smallest absolute Gasteiger partial charge is 0.223 e. The van der Waals surface area contributed by atoms with Crippen LogP contribution >= 0.6 is 0 Å².